The molecule has 0 fully saturated rings. The minimum absolute atomic E-state index is 0.0373. The minimum Gasteiger partial charge on any atom is -0.352 e. The number of amides is 1. The lowest BCUT2D eigenvalue weighted by atomic mass is 10.1. The molecule has 0 aliphatic rings. The second-order valence-electron chi connectivity index (χ2n) is 3.85. The zero-order chi connectivity index (χ0) is 12.5. The Bertz CT molecular complexity index is 426. The zero-order valence-corrected chi connectivity index (χ0v) is 10.5. The average molecular weight is 229 g/mol. The van der Waals surface area contributed by atoms with Gasteiger partial charge in [0.2, 0.25) is 0 Å². The van der Waals surface area contributed by atoms with E-state index >= 15 is 0 Å². The number of carbonyl (C=O) groups excluding carboxylic acids is 1. The molecule has 0 heterocycles. The molecule has 17 heavy (non-hydrogen) atoms. The van der Waals surface area contributed by atoms with Gasteiger partial charge in [0.05, 0.1) is 0 Å². The van der Waals surface area contributed by atoms with Gasteiger partial charge in [-0.2, -0.15) is 0 Å². The van der Waals surface area contributed by atoms with E-state index in [0.29, 0.717) is 12.1 Å². The van der Waals surface area contributed by atoms with Crippen molar-refractivity contribution in [3.05, 3.63) is 35.4 Å². The number of carbonyl (C=O) groups is 1. The van der Waals surface area contributed by atoms with Gasteiger partial charge in [-0.25, -0.2) is 0 Å². The molecule has 1 N–H and O–H groups in total. The Morgan fingerprint density at radius 1 is 1.35 bits per heavy atom. The van der Waals surface area contributed by atoms with E-state index in [1.54, 1.807) is 0 Å². The maximum atomic E-state index is 11.6. The molecule has 0 spiro atoms. The molecular formula is C15H19NO. The highest BCUT2D eigenvalue weighted by atomic mass is 16.1. The van der Waals surface area contributed by atoms with Gasteiger partial charge in [-0.15, -0.1) is 0 Å². The Hall–Kier alpha value is -1.75. The van der Waals surface area contributed by atoms with Crippen molar-refractivity contribution in [2.45, 2.75) is 33.1 Å². The summed E-state index contributed by atoms with van der Waals surface area (Å²) in [4.78, 5) is 11.6. The van der Waals surface area contributed by atoms with Gasteiger partial charge in [0, 0.05) is 24.1 Å². The number of hydrogen-bond acceptors (Lipinski definition) is 1. The van der Waals surface area contributed by atoms with Crippen molar-refractivity contribution < 1.29 is 4.79 Å². The van der Waals surface area contributed by atoms with Crippen molar-refractivity contribution in [1.82, 2.24) is 5.32 Å². The maximum absolute atomic E-state index is 11.6. The Morgan fingerprint density at radius 2 is 2.18 bits per heavy atom. The molecule has 0 aliphatic heterocycles. The molecule has 1 aromatic carbocycles. The molecule has 0 saturated carbocycles. The summed E-state index contributed by atoms with van der Waals surface area (Å²) in [5.74, 6) is 6.17. The first-order chi connectivity index (χ1) is 8.27. The van der Waals surface area contributed by atoms with Crippen LogP contribution in [-0.4, -0.2) is 12.5 Å². The Balaban J connectivity index is 2.71. The lowest BCUT2D eigenvalue weighted by molar-refractivity contribution is 0.0956. The normalized spacial score (nSPS) is 9.29. The zero-order valence-electron chi connectivity index (χ0n) is 10.5. The van der Waals surface area contributed by atoms with Crippen LogP contribution in [-0.2, 0) is 0 Å². The quantitative estimate of drug-likeness (QED) is 0.624. The Kier molecular flexibility index (Phi) is 5.88. The van der Waals surface area contributed by atoms with E-state index in [1.165, 1.54) is 0 Å². The van der Waals surface area contributed by atoms with E-state index in [9.17, 15) is 4.79 Å². The first-order valence-electron chi connectivity index (χ1n) is 6.15. The van der Waals surface area contributed by atoms with Crippen LogP contribution in [0.25, 0.3) is 0 Å². The smallest absolute Gasteiger partial charge is 0.251 e. The third kappa shape index (κ3) is 4.74. The van der Waals surface area contributed by atoms with Crippen LogP contribution in [0.4, 0.5) is 0 Å². The van der Waals surface area contributed by atoms with E-state index in [1.807, 2.05) is 31.2 Å². The molecule has 1 amide bonds. The lowest BCUT2D eigenvalue weighted by Crippen LogP contribution is -2.22. The lowest BCUT2D eigenvalue weighted by Gasteiger charge is -2.01. The molecule has 0 radical (unpaired) electrons. The van der Waals surface area contributed by atoms with Crippen LogP contribution in [0.2, 0.25) is 0 Å². The van der Waals surface area contributed by atoms with Gasteiger partial charge in [0.25, 0.3) is 5.91 Å². The minimum atomic E-state index is -0.0373. The van der Waals surface area contributed by atoms with E-state index in [2.05, 4.69) is 24.1 Å². The van der Waals surface area contributed by atoms with Crippen molar-refractivity contribution in [2.24, 2.45) is 0 Å². The highest BCUT2D eigenvalue weighted by molar-refractivity contribution is 5.94. The molecule has 0 aromatic heterocycles. The largest absolute Gasteiger partial charge is 0.352 e. The van der Waals surface area contributed by atoms with Crippen molar-refractivity contribution >= 4 is 5.91 Å². The van der Waals surface area contributed by atoms with Gasteiger partial charge in [-0.05, 0) is 31.5 Å². The second kappa shape index (κ2) is 7.51. The predicted octanol–water partition coefficient (Wildman–Crippen LogP) is 2.98. The summed E-state index contributed by atoms with van der Waals surface area (Å²) in [6, 6.07) is 7.45. The fourth-order valence-corrected chi connectivity index (χ4v) is 1.43. The fourth-order valence-electron chi connectivity index (χ4n) is 1.43. The first kappa shape index (κ1) is 13.3. The molecule has 1 aromatic rings. The number of nitrogens with one attached hydrogen (secondary N) is 1. The van der Waals surface area contributed by atoms with Crippen molar-refractivity contribution in [3.8, 4) is 11.8 Å². The first-order valence-corrected chi connectivity index (χ1v) is 6.15. The molecule has 0 saturated heterocycles. The number of benzene rings is 1. The standard InChI is InChI=1S/C15H19NO/c1-3-5-6-7-9-13-10-8-11-14(12-13)15(17)16-4-2/h8,10-12H,3-6H2,1-2H3,(H,16,17). The summed E-state index contributed by atoms with van der Waals surface area (Å²) in [5.41, 5.74) is 1.58. The highest BCUT2D eigenvalue weighted by Crippen LogP contribution is 2.04. The fraction of sp³-hybridized carbons (Fsp3) is 0.400. The summed E-state index contributed by atoms with van der Waals surface area (Å²) in [6.45, 7) is 4.70. The molecule has 1 rings (SSSR count). The van der Waals surface area contributed by atoms with E-state index in [0.717, 1.165) is 24.8 Å². The Labute approximate surface area is 103 Å². The van der Waals surface area contributed by atoms with Gasteiger partial charge in [0.1, 0.15) is 0 Å². The SMILES string of the molecule is CCCCC#Cc1cccc(C(=O)NCC)c1. The molecule has 0 unspecified atom stereocenters. The predicted molar refractivity (Wildman–Crippen MR) is 70.9 cm³/mol. The number of unbranched alkanes of at least 4 members (excludes halogenated alkanes) is 2. The monoisotopic (exact) mass is 229 g/mol. The molecule has 2 heteroatoms. The third-order valence-electron chi connectivity index (χ3n) is 2.35. The summed E-state index contributed by atoms with van der Waals surface area (Å²) < 4.78 is 0. The molecule has 90 valence electrons. The van der Waals surface area contributed by atoms with Gasteiger partial charge < -0.3 is 5.32 Å². The topological polar surface area (TPSA) is 29.1 Å². The van der Waals surface area contributed by atoms with Gasteiger partial charge in [-0.1, -0.05) is 31.3 Å². The molecule has 0 aliphatic carbocycles. The summed E-state index contributed by atoms with van der Waals surface area (Å²) in [6.07, 6.45) is 3.21. The molecular weight excluding hydrogens is 210 g/mol. The maximum Gasteiger partial charge on any atom is 0.251 e. The van der Waals surface area contributed by atoms with E-state index < -0.39 is 0 Å². The summed E-state index contributed by atoms with van der Waals surface area (Å²) >= 11 is 0. The average Bonchev–Trinajstić information content (AvgIpc) is 2.35. The van der Waals surface area contributed by atoms with Gasteiger partial charge in [-0.3, -0.25) is 4.79 Å². The van der Waals surface area contributed by atoms with Crippen molar-refractivity contribution in [1.29, 1.82) is 0 Å². The number of hydrogen-bond donors (Lipinski definition) is 1. The van der Waals surface area contributed by atoms with Crippen LogP contribution in [0.15, 0.2) is 24.3 Å². The van der Waals surface area contributed by atoms with E-state index in [-0.39, 0.29) is 5.91 Å². The molecule has 2 nitrogen and oxygen atoms in total. The van der Waals surface area contributed by atoms with Crippen LogP contribution in [0, 0.1) is 11.8 Å². The summed E-state index contributed by atoms with van der Waals surface area (Å²) in [7, 11) is 0. The third-order valence-corrected chi connectivity index (χ3v) is 2.35. The second-order valence-corrected chi connectivity index (χ2v) is 3.85. The van der Waals surface area contributed by atoms with Crippen LogP contribution < -0.4 is 5.32 Å². The van der Waals surface area contributed by atoms with Crippen LogP contribution >= 0.6 is 0 Å². The molecule has 0 atom stereocenters. The Morgan fingerprint density at radius 3 is 2.88 bits per heavy atom. The van der Waals surface area contributed by atoms with Gasteiger partial charge in [0.15, 0.2) is 0 Å². The summed E-state index contributed by atoms with van der Waals surface area (Å²) in [5, 5.41) is 2.78. The van der Waals surface area contributed by atoms with E-state index in [4.69, 9.17) is 0 Å². The highest BCUT2D eigenvalue weighted by Gasteiger charge is 2.02. The van der Waals surface area contributed by atoms with Crippen LogP contribution in [0.5, 0.6) is 0 Å². The van der Waals surface area contributed by atoms with Crippen LogP contribution in [0.1, 0.15) is 49.0 Å². The van der Waals surface area contributed by atoms with Crippen molar-refractivity contribution in [3.63, 3.8) is 0 Å². The van der Waals surface area contributed by atoms with Crippen LogP contribution in [0.3, 0.4) is 0 Å². The molecule has 0 bridgehead atoms. The van der Waals surface area contributed by atoms with Crippen molar-refractivity contribution in [2.75, 3.05) is 6.54 Å². The number of rotatable bonds is 4. The van der Waals surface area contributed by atoms with Gasteiger partial charge >= 0.3 is 0 Å².